The van der Waals surface area contributed by atoms with Crippen molar-refractivity contribution < 1.29 is 0 Å². The second-order valence-corrected chi connectivity index (χ2v) is 4.93. The Labute approximate surface area is 105 Å². The zero-order chi connectivity index (χ0) is 11.8. The third-order valence-electron chi connectivity index (χ3n) is 3.19. The molecule has 1 saturated carbocycles. The van der Waals surface area contributed by atoms with Gasteiger partial charge in [0.2, 0.25) is 0 Å². The summed E-state index contributed by atoms with van der Waals surface area (Å²) in [7, 11) is 0. The molecule has 2 atom stereocenters. The molecule has 1 fully saturated rings. The zero-order valence-electron chi connectivity index (χ0n) is 9.31. The normalized spacial score (nSPS) is 22.5. The maximum Gasteiger partial charge on any atom is 0.0702 e. The molecule has 0 saturated heterocycles. The van der Waals surface area contributed by atoms with Crippen LogP contribution in [0.4, 0.5) is 0 Å². The molecule has 2 N–H and O–H groups in total. The van der Waals surface area contributed by atoms with E-state index in [0.717, 1.165) is 22.7 Å². The van der Waals surface area contributed by atoms with Crippen LogP contribution in [0.15, 0.2) is 42.6 Å². The van der Waals surface area contributed by atoms with Gasteiger partial charge in [-0.2, -0.15) is 0 Å². The second-order valence-electron chi connectivity index (χ2n) is 4.49. The molecule has 1 aromatic carbocycles. The molecule has 0 aliphatic heterocycles. The van der Waals surface area contributed by atoms with Gasteiger partial charge in [-0.3, -0.25) is 4.98 Å². The van der Waals surface area contributed by atoms with Gasteiger partial charge in [-0.1, -0.05) is 29.8 Å². The Morgan fingerprint density at radius 1 is 1.12 bits per heavy atom. The van der Waals surface area contributed by atoms with Crippen LogP contribution in [0, 0.1) is 0 Å². The zero-order valence-corrected chi connectivity index (χ0v) is 10.1. The highest BCUT2D eigenvalue weighted by molar-refractivity contribution is 6.30. The number of pyridine rings is 1. The van der Waals surface area contributed by atoms with E-state index in [4.69, 9.17) is 17.3 Å². The minimum Gasteiger partial charge on any atom is -0.327 e. The highest BCUT2D eigenvalue weighted by Gasteiger charge is 2.34. The summed E-state index contributed by atoms with van der Waals surface area (Å²) in [5, 5.41) is 0.745. The Hall–Kier alpha value is -1.38. The first-order valence-electron chi connectivity index (χ1n) is 5.71. The van der Waals surface area contributed by atoms with E-state index >= 15 is 0 Å². The Kier molecular flexibility index (Phi) is 2.61. The summed E-state index contributed by atoms with van der Waals surface area (Å²) >= 11 is 5.86. The fourth-order valence-electron chi connectivity index (χ4n) is 2.01. The lowest BCUT2D eigenvalue weighted by molar-refractivity contribution is 0.981. The van der Waals surface area contributed by atoms with Crippen LogP contribution in [0.5, 0.6) is 0 Å². The Balaban J connectivity index is 1.86. The van der Waals surface area contributed by atoms with Gasteiger partial charge in [0.25, 0.3) is 0 Å². The van der Waals surface area contributed by atoms with Crippen molar-refractivity contribution in [3.8, 4) is 11.3 Å². The first-order chi connectivity index (χ1) is 8.24. The monoisotopic (exact) mass is 244 g/mol. The van der Waals surface area contributed by atoms with E-state index in [1.165, 1.54) is 5.56 Å². The number of halogens is 1. The van der Waals surface area contributed by atoms with Crippen molar-refractivity contribution in [2.24, 2.45) is 5.73 Å². The standard InChI is InChI=1S/C14H13ClN2/c15-11-4-1-9(2-5-11)14-6-3-10(8-17-14)12-7-13(12)16/h1-6,8,12-13H,7,16H2/t12-,13+/m0/s1. The molecule has 1 aliphatic rings. The SMILES string of the molecule is N[C@@H]1C[C@H]1c1ccc(-c2ccc(Cl)cc2)nc1. The number of rotatable bonds is 2. The maximum atomic E-state index is 5.86. The number of benzene rings is 1. The van der Waals surface area contributed by atoms with E-state index in [1.54, 1.807) is 0 Å². The molecule has 1 aliphatic carbocycles. The first-order valence-corrected chi connectivity index (χ1v) is 6.09. The van der Waals surface area contributed by atoms with E-state index in [1.807, 2.05) is 36.5 Å². The van der Waals surface area contributed by atoms with Crippen LogP contribution in [0.25, 0.3) is 11.3 Å². The third-order valence-corrected chi connectivity index (χ3v) is 3.45. The molecule has 0 unspecified atom stereocenters. The Bertz CT molecular complexity index is 519. The van der Waals surface area contributed by atoms with Crippen LogP contribution in [0.3, 0.4) is 0 Å². The van der Waals surface area contributed by atoms with Gasteiger partial charge in [0.05, 0.1) is 5.69 Å². The fraction of sp³-hybridized carbons (Fsp3) is 0.214. The molecule has 86 valence electrons. The maximum absolute atomic E-state index is 5.86. The van der Waals surface area contributed by atoms with Gasteiger partial charge >= 0.3 is 0 Å². The van der Waals surface area contributed by atoms with Crippen molar-refractivity contribution in [2.45, 2.75) is 18.4 Å². The van der Waals surface area contributed by atoms with Crippen LogP contribution in [-0.4, -0.2) is 11.0 Å². The molecule has 3 rings (SSSR count). The van der Waals surface area contributed by atoms with Gasteiger partial charge < -0.3 is 5.73 Å². The molecule has 2 nitrogen and oxygen atoms in total. The van der Waals surface area contributed by atoms with Crippen LogP contribution in [0.2, 0.25) is 5.02 Å². The van der Waals surface area contributed by atoms with E-state index in [9.17, 15) is 0 Å². The van der Waals surface area contributed by atoms with Gasteiger partial charge in [0.15, 0.2) is 0 Å². The Morgan fingerprint density at radius 2 is 1.82 bits per heavy atom. The van der Waals surface area contributed by atoms with Gasteiger partial charge in [0.1, 0.15) is 0 Å². The quantitative estimate of drug-likeness (QED) is 0.881. The van der Waals surface area contributed by atoms with E-state index in [-0.39, 0.29) is 0 Å². The number of hydrogen-bond donors (Lipinski definition) is 1. The molecule has 0 radical (unpaired) electrons. The molecule has 1 aromatic heterocycles. The first kappa shape index (κ1) is 10.8. The highest BCUT2D eigenvalue weighted by Crippen LogP contribution is 2.38. The molecule has 1 heterocycles. The van der Waals surface area contributed by atoms with Crippen molar-refractivity contribution in [3.63, 3.8) is 0 Å². The van der Waals surface area contributed by atoms with E-state index in [2.05, 4.69) is 11.1 Å². The summed E-state index contributed by atoms with van der Waals surface area (Å²) in [5.74, 6) is 0.516. The van der Waals surface area contributed by atoms with Crippen molar-refractivity contribution in [1.29, 1.82) is 0 Å². The molecule has 0 bridgehead atoms. The minimum absolute atomic E-state index is 0.332. The molecule has 2 aromatic rings. The van der Waals surface area contributed by atoms with Crippen LogP contribution < -0.4 is 5.73 Å². The average molecular weight is 245 g/mol. The number of aromatic nitrogens is 1. The highest BCUT2D eigenvalue weighted by atomic mass is 35.5. The van der Waals surface area contributed by atoms with E-state index in [0.29, 0.717) is 12.0 Å². The van der Waals surface area contributed by atoms with Crippen molar-refractivity contribution in [2.75, 3.05) is 0 Å². The average Bonchev–Trinajstić information content (AvgIpc) is 3.08. The topological polar surface area (TPSA) is 38.9 Å². The summed E-state index contributed by atoms with van der Waals surface area (Å²) in [6.45, 7) is 0. The molecular formula is C14H13ClN2. The van der Waals surface area contributed by atoms with Gasteiger partial charge in [-0.15, -0.1) is 0 Å². The molecular weight excluding hydrogens is 232 g/mol. The summed E-state index contributed by atoms with van der Waals surface area (Å²) in [4.78, 5) is 4.48. The van der Waals surface area contributed by atoms with Gasteiger partial charge in [-0.25, -0.2) is 0 Å². The number of nitrogens with two attached hydrogens (primary N) is 1. The predicted octanol–water partition coefficient (Wildman–Crippen LogP) is 3.22. The minimum atomic E-state index is 0.332. The fourth-order valence-corrected chi connectivity index (χ4v) is 2.14. The van der Waals surface area contributed by atoms with Gasteiger partial charge in [-0.05, 0) is 30.2 Å². The van der Waals surface area contributed by atoms with Crippen molar-refractivity contribution in [3.05, 3.63) is 53.2 Å². The summed E-state index contributed by atoms with van der Waals surface area (Å²) in [5.41, 5.74) is 9.12. The Morgan fingerprint density at radius 3 is 2.35 bits per heavy atom. The van der Waals surface area contributed by atoms with Crippen molar-refractivity contribution >= 4 is 11.6 Å². The van der Waals surface area contributed by atoms with Crippen LogP contribution in [0.1, 0.15) is 17.9 Å². The molecule has 0 spiro atoms. The lowest BCUT2D eigenvalue weighted by atomic mass is 10.1. The van der Waals surface area contributed by atoms with Crippen molar-refractivity contribution in [1.82, 2.24) is 4.98 Å². The summed E-state index contributed by atoms with van der Waals surface area (Å²) in [6.07, 6.45) is 3.02. The molecule has 17 heavy (non-hydrogen) atoms. The second kappa shape index (κ2) is 4.13. The summed E-state index contributed by atoms with van der Waals surface area (Å²) in [6, 6.07) is 12.2. The third kappa shape index (κ3) is 2.19. The summed E-state index contributed by atoms with van der Waals surface area (Å²) < 4.78 is 0. The lowest BCUT2D eigenvalue weighted by Crippen LogP contribution is -2.01. The smallest absolute Gasteiger partial charge is 0.0702 e. The number of hydrogen-bond acceptors (Lipinski definition) is 2. The van der Waals surface area contributed by atoms with Gasteiger partial charge in [0, 0.05) is 28.7 Å². The molecule has 3 heteroatoms. The largest absolute Gasteiger partial charge is 0.327 e. The van der Waals surface area contributed by atoms with Crippen LogP contribution in [-0.2, 0) is 0 Å². The number of nitrogens with zero attached hydrogens (tertiary/aromatic N) is 1. The van der Waals surface area contributed by atoms with E-state index < -0.39 is 0 Å². The predicted molar refractivity (Wildman–Crippen MR) is 70.0 cm³/mol. The lowest BCUT2D eigenvalue weighted by Gasteiger charge is -2.03. The molecule has 0 amide bonds. The van der Waals surface area contributed by atoms with Crippen LogP contribution >= 0.6 is 11.6 Å².